The second-order valence-corrected chi connectivity index (χ2v) is 8.70. The van der Waals surface area contributed by atoms with Gasteiger partial charge in [-0.25, -0.2) is 0 Å². The Balaban J connectivity index is 1.59. The van der Waals surface area contributed by atoms with Gasteiger partial charge < -0.3 is 19.5 Å². The van der Waals surface area contributed by atoms with Gasteiger partial charge in [0.2, 0.25) is 5.91 Å². The van der Waals surface area contributed by atoms with E-state index in [-0.39, 0.29) is 17.6 Å². The first kappa shape index (κ1) is 20.5. The Bertz CT molecular complexity index is 881. The van der Waals surface area contributed by atoms with Crippen molar-refractivity contribution in [2.24, 2.45) is 5.92 Å². The molecule has 6 nitrogen and oxygen atoms in total. The van der Waals surface area contributed by atoms with Crippen LogP contribution in [-0.4, -0.2) is 36.9 Å². The van der Waals surface area contributed by atoms with Crippen LogP contribution in [0.1, 0.15) is 61.1 Å². The third kappa shape index (κ3) is 4.69. The van der Waals surface area contributed by atoms with Crippen LogP contribution in [0.2, 0.25) is 0 Å². The van der Waals surface area contributed by atoms with E-state index in [1.54, 1.807) is 12.1 Å². The standard InChI is InChI=1S/C24H31N3O3/c1-26(2)21-13-12-19(25-23(28)22-9-6-14-30-22)15-18(21)16-27(24(29)17-10-11-17)20-7-4-3-5-8-20/h6,9,12-15,17,20H,3-5,7-8,10-11,16H2,1-2H3,(H,25,28). The van der Waals surface area contributed by atoms with Gasteiger partial charge >= 0.3 is 0 Å². The first-order chi connectivity index (χ1) is 14.5. The minimum atomic E-state index is -0.276. The monoisotopic (exact) mass is 409 g/mol. The number of nitrogens with one attached hydrogen (secondary N) is 1. The molecule has 1 heterocycles. The molecule has 30 heavy (non-hydrogen) atoms. The van der Waals surface area contributed by atoms with Crippen molar-refractivity contribution in [2.75, 3.05) is 24.3 Å². The Morgan fingerprint density at radius 2 is 1.83 bits per heavy atom. The molecule has 0 spiro atoms. The van der Waals surface area contributed by atoms with Crippen molar-refractivity contribution in [3.8, 4) is 0 Å². The number of carbonyl (C=O) groups excluding carboxylic acids is 2. The summed E-state index contributed by atoms with van der Waals surface area (Å²) in [4.78, 5) is 29.7. The number of nitrogens with zero attached hydrogens (tertiary/aromatic N) is 2. The molecule has 0 atom stereocenters. The zero-order chi connectivity index (χ0) is 21.1. The quantitative estimate of drug-likeness (QED) is 0.722. The predicted molar refractivity (Wildman–Crippen MR) is 118 cm³/mol. The summed E-state index contributed by atoms with van der Waals surface area (Å²) in [5, 5.41) is 2.91. The maximum absolute atomic E-state index is 13.1. The normalized spacial score (nSPS) is 16.9. The fourth-order valence-corrected chi connectivity index (χ4v) is 4.35. The third-order valence-corrected chi connectivity index (χ3v) is 6.13. The number of benzene rings is 1. The number of furan rings is 1. The van der Waals surface area contributed by atoms with E-state index in [1.807, 2.05) is 32.3 Å². The molecule has 0 radical (unpaired) electrons. The van der Waals surface area contributed by atoms with Crippen molar-refractivity contribution in [2.45, 2.75) is 57.5 Å². The van der Waals surface area contributed by atoms with E-state index in [4.69, 9.17) is 4.42 Å². The van der Waals surface area contributed by atoms with E-state index in [9.17, 15) is 9.59 Å². The van der Waals surface area contributed by atoms with Crippen LogP contribution in [0.25, 0.3) is 0 Å². The molecule has 2 amide bonds. The van der Waals surface area contributed by atoms with Crippen LogP contribution in [-0.2, 0) is 11.3 Å². The molecule has 0 bridgehead atoms. The zero-order valence-electron chi connectivity index (χ0n) is 17.9. The van der Waals surface area contributed by atoms with Gasteiger partial charge in [-0.05, 0) is 61.6 Å². The molecule has 1 N–H and O–H groups in total. The molecule has 2 aromatic rings. The second kappa shape index (κ2) is 8.94. The molecule has 0 unspecified atom stereocenters. The fraction of sp³-hybridized carbons (Fsp3) is 0.500. The fourth-order valence-electron chi connectivity index (χ4n) is 4.35. The first-order valence-electron chi connectivity index (χ1n) is 11.0. The van der Waals surface area contributed by atoms with Gasteiger partial charge in [0, 0.05) is 44.0 Å². The molecule has 1 aromatic carbocycles. The summed E-state index contributed by atoms with van der Waals surface area (Å²) in [6, 6.07) is 9.56. The maximum Gasteiger partial charge on any atom is 0.291 e. The lowest BCUT2D eigenvalue weighted by atomic mass is 9.93. The van der Waals surface area contributed by atoms with Gasteiger partial charge in [0.15, 0.2) is 5.76 Å². The lowest BCUT2D eigenvalue weighted by Crippen LogP contribution is -2.42. The van der Waals surface area contributed by atoms with E-state index in [0.29, 0.717) is 24.2 Å². The molecule has 0 aliphatic heterocycles. The Labute approximate surface area is 178 Å². The third-order valence-electron chi connectivity index (χ3n) is 6.13. The highest BCUT2D eigenvalue weighted by atomic mass is 16.3. The van der Waals surface area contributed by atoms with E-state index < -0.39 is 0 Å². The van der Waals surface area contributed by atoms with Gasteiger partial charge in [-0.15, -0.1) is 0 Å². The molecule has 160 valence electrons. The summed E-state index contributed by atoms with van der Waals surface area (Å²) in [5.74, 6) is 0.510. The molecule has 6 heteroatoms. The van der Waals surface area contributed by atoms with Crippen LogP contribution >= 0.6 is 0 Å². The summed E-state index contributed by atoms with van der Waals surface area (Å²) >= 11 is 0. The van der Waals surface area contributed by atoms with E-state index in [0.717, 1.165) is 36.9 Å². The highest BCUT2D eigenvalue weighted by molar-refractivity contribution is 6.02. The van der Waals surface area contributed by atoms with Crippen LogP contribution < -0.4 is 10.2 Å². The molecule has 2 aliphatic rings. The predicted octanol–water partition coefficient (Wildman–Crippen LogP) is 4.67. The largest absolute Gasteiger partial charge is 0.459 e. The average molecular weight is 410 g/mol. The number of hydrogen-bond donors (Lipinski definition) is 1. The number of amides is 2. The van der Waals surface area contributed by atoms with Gasteiger partial charge in [-0.2, -0.15) is 0 Å². The zero-order valence-corrected chi connectivity index (χ0v) is 17.9. The minimum absolute atomic E-state index is 0.205. The minimum Gasteiger partial charge on any atom is -0.459 e. The molecular formula is C24H31N3O3. The van der Waals surface area contributed by atoms with Crippen molar-refractivity contribution < 1.29 is 14.0 Å². The number of hydrogen-bond acceptors (Lipinski definition) is 4. The van der Waals surface area contributed by atoms with Crippen LogP contribution in [0.3, 0.4) is 0 Å². The number of carbonyl (C=O) groups is 2. The topological polar surface area (TPSA) is 65.8 Å². The highest BCUT2D eigenvalue weighted by Gasteiger charge is 2.37. The molecule has 2 saturated carbocycles. The first-order valence-corrected chi connectivity index (χ1v) is 11.0. The number of anilines is 2. The summed E-state index contributed by atoms with van der Waals surface area (Å²) < 4.78 is 5.20. The van der Waals surface area contributed by atoms with Crippen LogP contribution in [0, 0.1) is 5.92 Å². The van der Waals surface area contributed by atoms with Crippen LogP contribution in [0.5, 0.6) is 0 Å². The van der Waals surface area contributed by atoms with E-state index >= 15 is 0 Å². The lowest BCUT2D eigenvalue weighted by Gasteiger charge is -2.35. The summed E-state index contributed by atoms with van der Waals surface area (Å²) in [5.41, 5.74) is 2.83. The average Bonchev–Trinajstić information content (AvgIpc) is 3.45. The summed E-state index contributed by atoms with van der Waals surface area (Å²) in [6.07, 6.45) is 9.34. The van der Waals surface area contributed by atoms with Gasteiger partial charge in [-0.1, -0.05) is 19.3 Å². The van der Waals surface area contributed by atoms with Crippen molar-refractivity contribution in [1.82, 2.24) is 4.90 Å². The Hall–Kier alpha value is -2.76. The van der Waals surface area contributed by atoms with Gasteiger partial charge in [-0.3, -0.25) is 9.59 Å². The van der Waals surface area contributed by atoms with Crippen molar-refractivity contribution >= 4 is 23.2 Å². The van der Waals surface area contributed by atoms with Crippen LogP contribution in [0.4, 0.5) is 11.4 Å². The smallest absolute Gasteiger partial charge is 0.291 e. The molecule has 2 fully saturated rings. The second-order valence-electron chi connectivity index (χ2n) is 8.70. The van der Waals surface area contributed by atoms with Crippen molar-refractivity contribution in [1.29, 1.82) is 0 Å². The number of rotatable bonds is 7. The Kier molecular flexibility index (Phi) is 6.11. The Morgan fingerprint density at radius 3 is 2.47 bits per heavy atom. The summed E-state index contributed by atoms with van der Waals surface area (Å²) in [6.45, 7) is 0.581. The SMILES string of the molecule is CN(C)c1ccc(NC(=O)c2ccco2)cc1CN(C(=O)C1CC1)C1CCCCC1. The van der Waals surface area contributed by atoms with Crippen LogP contribution in [0.15, 0.2) is 41.0 Å². The maximum atomic E-state index is 13.1. The molecule has 4 rings (SSSR count). The van der Waals surface area contributed by atoms with Crippen molar-refractivity contribution in [3.05, 3.63) is 47.9 Å². The van der Waals surface area contributed by atoms with Gasteiger partial charge in [0.25, 0.3) is 5.91 Å². The van der Waals surface area contributed by atoms with Gasteiger partial charge in [0.1, 0.15) is 0 Å². The lowest BCUT2D eigenvalue weighted by molar-refractivity contribution is -0.136. The molecular weight excluding hydrogens is 378 g/mol. The van der Waals surface area contributed by atoms with E-state index in [1.165, 1.54) is 25.5 Å². The van der Waals surface area contributed by atoms with E-state index in [2.05, 4.69) is 15.1 Å². The molecule has 0 saturated heterocycles. The summed E-state index contributed by atoms with van der Waals surface area (Å²) in [7, 11) is 4.02. The van der Waals surface area contributed by atoms with Gasteiger partial charge in [0.05, 0.1) is 6.26 Å². The molecule has 2 aliphatic carbocycles. The Morgan fingerprint density at radius 1 is 1.07 bits per heavy atom. The van der Waals surface area contributed by atoms with Crippen molar-refractivity contribution in [3.63, 3.8) is 0 Å². The molecule has 1 aromatic heterocycles. The highest BCUT2D eigenvalue weighted by Crippen LogP contribution is 2.36.